The number of carbonyl (C=O) groups excluding carboxylic acids is 2. The molecule has 0 spiro atoms. The zero-order valence-electron chi connectivity index (χ0n) is 21.1. The van der Waals surface area contributed by atoms with Gasteiger partial charge in [-0.05, 0) is 36.8 Å². The Labute approximate surface area is 218 Å². The number of nitrogens with one attached hydrogen (secondary N) is 1. The maximum Gasteiger partial charge on any atom is 0.272 e. The number of likely N-dealkylation sites (N-methyl/N-ethyl adjacent to an activating group) is 1. The fraction of sp³-hybridized carbons (Fsp3) is 0.323. The van der Waals surface area contributed by atoms with Crippen molar-refractivity contribution >= 4 is 23.2 Å². The number of fused-ring (bicyclic) bond motifs is 1. The van der Waals surface area contributed by atoms with Crippen LogP contribution in [0.15, 0.2) is 89.9 Å². The van der Waals surface area contributed by atoms with E-state index in [-0.39, 0.29) is 11.8 Å². The van der Waals surface area contributed by atoms with Crippen LogP contribution in [0.2, 0.25) is 0 Å². The summed E-state index contributed by atoms with van der Waals surface area (Å²) in [5.74, 6) is -0.769. The van der Waals surface area contributed by atoms with Gasteiger partial charge >= 0.3 is 0 Å². The summed E-state index contributed by atoms with van der Waals surface area (Å²) >= 11 is 0. The summed E-state index contributed by atoms with van der Waals surface area (Å²) in [6.07, 6.45) is 2.06. The SMILES string of the molecule is CN1C(=O)C(NC(=O)[C@H](CC2CC2)[C@@H](O)CCc2ccccc2)N=C(c2ccccc2)c2ccccc21. The maximum atomic E-state index is 13.6. The normalized spacial score (nSPS) is 18.9. The second kappa shape index (κ2) is 11.1. The molecule has 3 atom stereocenters. The van der Waals surface area contributed by atoms with Crippen LogP contribution in [0.5, 0.6) is 0 Å². The average Bonchev–Trinajstić information content (AvgIpc) is 3.77. The zero-order chi connectivity index (χ0) is 25.8. The van der Waals surface area contributed by atoms with E-state index in [0.717, 1.165) is 35.2 Å². The van der Waals surface area contributed by atoms with E-state index in [4.69, 9.17) is 4.99 Å². The molecule has 6 nitrogen and oxygen atoms in total. The van der Waals surface area contributed by atoms with E-state index < -0.39 is 18.2 Å². The van der Waals surface area contributed by atoms with Gasteiger partial charge in [-0.3, -0.25) is 9.59 Å². The van der Waals surface area contributed by atoms with Gasteiger partial charge in [0.1, 0.15) is 0 Å². The molecule has 0 aromatic heterocycles. The van der Waals surface area contributed by atoms with Gasteiger partial charge in [0.2, 0.25) is 12.1 Å². The second-order valence-corrected chi connectivity index (χ2v) is 10.0. The van der Waals surface area contributed by atoms with E-state index in [1.807, 2.05) is 84.9 Å². The Morgan fingerprint density at radius 1 is 1.00 bits per heavy atom. The Hall–Kier alpha value is -3.77. The highest BCUT2D eigenvalue weighted by Crippen LogP contribution is 2.37. The van der Waals surface area contributed by atoms with Crippen molar-refractivity contribution in [2.75, 3.05) is 11.9 Å². The lowest BCUT2D eigenvalue weighted by Gasteiger charge is -2.25. The molecule has 2 aliphatic rings. The summed E-state index contributed by atoms with van der Waals surface area (Å²) in [5, 5.41) is 14.0. The van der Waals surface area contributed by atoms with Crippen molar-refractivity contribution in [3.8, 4) is 0 Å². The Kier molecular flexibility index (Phi) is 7.47. The van der Waals surface area contributed by atoms with Crippen LogP contribution in [0.4, 0.5) is 5.69 Å². The fourth-order valence-electron chi connectivity index (χ4n) is 5.00. The summed E-state index contributed by atoms with van der Waals surface area (Å²) < 4.78 is 0. The first-order valence-corrected chi connectivity index (χ1v) is 13.0. The van der Waals surface area contributed by atoms with Gasteiger partial charge in [0.15, 0.2) is 0 Å². The molecule has 3 aromatic rings. The van der Waals surface area contributed by atoms with Crippen LogP contribution in [0.25, 0.3) is 0 Å². The minimum atomic E-state index is -1.08. The van der Waals surface area contributed by atoms with Crippen LogP contribution in [0.1, 0.15) is 42.4 Å². The minimum absolute atomic E-state index is 0.310. The van der Waals surface area contributed by atoms with Crippen LogP contribution in [-0.4, -0.2) is 41.9 Å². The Morgan fingerprint density at radius 2 is 1.65 bits per heavy atom. The van der Waals surface area contributed by atoms with Crippen molar-refractivity contribution in [3.63, 3.8) is 0 Å². The van der Waals surface area contributed by atoms with Crippen molar-refractivity contribution in [2.45, 2.75) is 44.4 Å². The maximum absolute atomic E-state index is 13.6. The molecule has 1 fully saturated rings. The molecule has 1 heterocycles. The van der Waals surface area contributed by atoms with Crippen LogP contribution in [-0.2, 0) is 16.0 Å². The van der Waals surface area contributed by atoms with Crippen molar-refractivity contribution in [2.24, 2.45) is 16.8 Å². The first-order chi connectivity index (χ1) is 18.0. The van der Waals surface area contributed by atoms with Gasteiger partial charge in [-0.15, -0.1) is 0 Å². The number of aliphatic hydroxyl groups is 1. The Bertz CT molecular complexity index is 1270. The molecule has 1 saturated carbocycles. The number of benzene rings is 3. The fourth-order valence-corrected chi connectivity index (χ4v) is 5.00. The van der Waals surface area contributed by atoms with Gasteiger partial charge in [-0.25, -0.2) is 4.99 Å². The highest BCUT2D eigenvalue weighted by Gasteiger charge is 2.37. The van der Waals surface area contributed by atoms with Gasteiger partial charge in [0.25, 0.3) is 5.91 Å². The molecule has 0 radical (unpaired) electrons. The summed E-state index contributed by atoms with van der Waals surface area (Å²) in [6.45, 7) is 0. The molecule has 0 bridgehead atoms. The third-order valence-electron chi connectivity index (χ3n) is 7.33. The molecule has 0 saturated heterocycles. The first kappa shape index (κ1) is 24.9. The molecule has 1 aliphatic heterocycles. The second-order valence-electron chi connectivity index (χ2n) is 10.0. The van der Waals surface area contributed by atoms with E-state index in [1.54, 1.807) is 11.9 Å². The van der Waals surface area contributed by atoms with Crippen LogP contribution >= 0.6 is 0 Å². The summed E-state index contributed by atoms with van der Waals surface area (Å²) in [4.78, 5) is 33.5. The number of amides is 2. The Balaban J connectivity index is 1.40. The number of carbonyl (C=O) groups is 2. The molecular weight excluding hydrogens is 462 g/mol. The standard InChI is InChI=1S/C31H33N3O3/c1-34-26-15-9-8-14-24(26)28(23-12-6-3-7-13-23)32-29(31(34)37)33-30(36)25(20-22-16-17-22)27(35)19-18-21-10-4-2-5-11-21/h2-15,22,25,27,29,35H,16-20H2,1H3,(H,33,36)/t25-,27+,29?/m1/s1. The minimum Gasteiger partial charge on any atom is -0.392 e. The predicted molar refractivity (Wildman–Crippen MR) is 145 cm³/mol. The number of aliphatic imine (C=N–C) groups is 1. The lowest BCUT2D eigenvalue weighted by Crippen LogP contribution is -2.49. The largest absolute Gasteiger partial charge is 0.392 e. The highest BCUT2D eigenvalue weighted by atomic mass is 16.3. The molecule has 6 heteroatoms. The summed E-state index contributed by atoms with van der Waals surface area (Å²) in [7, 11) is 1.71. The molecule has 37 heavy (non-hydrogen) atoms. The van der Waals surface area contributed by atoms with Crippen LogP contribution in [0, 0.1) is 11.8 Å². The number of aryl methyl sites for hydroxylation is 1. The Morgan fingerprint density at radius 3 is 2.35 bits per heavy atom. The lowest BCUT2D eigenvalue weighted by molar-refractivity contribution is -0.133. The van der Waals surface area contributed by atoms with Gasteiger partial charge in [-0.1, -0.05) is 91.7 Å². The van der Waals surface area contributed by atoms with Gasteiger partial charge in [0, 0.05) is 18.2 Å². The highest BCUT2D eigenvalue weighted by molar-refractivity contribution is 6.20. The molecule has 190 valence electrons. The zero-order valence-corrected chi connectivity index (χ0v) is 21.1. The number of hydrogen-bond acceptors (Lipinski definition) is 4. The number of rotatable bonds is 9. The molecule has 5 rings (SSSR count). The molecule has 3 aromatic carbocycles. The van der Waals surface area contributed by atoms with Gasteiger partial charge in [-0.2, -0.15) is 0 Å². The average molecular weight is 496 g/mol. The quantitative estimate of drug-likeness (QED) is 0.463. The van der Waals surface area contributed by atoms with E-state index in [0.29, 0.717) is 30.9 Å². The molecule has 1 unspecified atom stereocenters. The monoisotopic (exact) mass is 495 g/mol. The number of anilines is 1. The molecule has 1 aliphatic carbocycles. The lowest BCUT2D eigenvalue weighted by atomic mass is 9.90. The topological polar surface area (TPSA) is 82.0 Å². The van der Waals surface area contributed by atoms with E-state index in [1.165, 1.54) is 0 Å². The number of aliphatic hydroxyl groups excluding tert-OH is 1. The van der Waals surface area contributed by atoms with Gasteiger partial charge < -0.3 is 15.3 Å². The number of benzodiazepines with no additional fused rings is 1. The van der Waals surface area contributed by atoms with Crippen molar-refractivity contribution in [1.82, 2.24) is 5.32 Å². The van der Waals surface area contributed by atoms with Crippen molar-refractivity contribution in [3.05, 3.63) is 102 Å². The van der Waals surface area contributed by atoms with Crippen LogP contribution in [0.3, 0.4) is 0 Å². The third kappa shape index (κ3) is 5.81. The summed E-state index contributed by atoms with van der Waals surface area (Å²) in [5.41, 5.74) is 4.22. The van der Waals surface area contributed by atoms with Gasteiger partial charge in [0.05, 0.1) is 23.4 Å². The smallest absolute Gasteiger partial charge is 0.272 e. The summed E-state index contributed by atoms with van der Waals surface area (Å²) in [6, 6.07) is 27.3. The van der Waals surface area contributed by atoms with Crippen molar-refractivity contribution < 1.29 is 14.7 Å². The number of hydrogen-bond donors (Lipinski definition) is 2. The third-order valence-corrected chi connectivity index (χ3v) is 7.33. The predicted octanol–water partition coefficient (Wildman–Crippen LogP) is 4.35. The molecule has 2 amide bonds. The number of para-hydroxylation sites is 1. The molecule has 2 N–H and O–H groups in total. The van der Waals surface area contributed by atoms with Crippen molar-refractivity contribution in [1.29, 1.82) is 0 Å². The van der Waals surface area contributed by atoms with E-state index in [9.17, 15) is 14.7 Å². The first-order valence-electron chi connectivity index (χ1n) is 13.0. The number of nitrogens with zero attached hydrogens (tertiary/aromatic N) is 2. The van der Waals surface area contributed by atoms with E-state index >= 15 is 0 Å². The van der Waals surface area contributed by atoms with E-state index in [2.05, 4.69) is 5.32 Å². The van der Waals surface area contributed by atoms with Crippen LogP contribution < -0.4 is 10.2 Å². The molecular formula is C31H33N3O3.